The number of aromatic nitrogens is 1. The third-order valence-corrected chi connectivity index (χ3v) is 13.3. The van der Waals surface area contributed by atoms with Crippen LogP contribution in [-0.2, 0) is 28.0 Å². The first-order chi connectivity index (χ1) is 23.6. The lowest BCUT2D eigenvalue weighted by Crippen LogP contribution is -2.70. The van der Waals surface area contributed by atoms with Gasteiger partial charge in [0.05, 0.1) is 24.8 Å². The highest BCUT2D eigenvalue weighted by Gasteiger charge is 2.56. The summed E-state index contributed by atoms with van der Waals surface area (Å²) >= 11 is 0. The highest BCUT2D eigenvalue weighted by Crippen LogP contribution is 2.49. The van der Waals surface area contributed by atoms with Crippen molar-refractivity contribution in [2.24, 2.45) is 16.7 Å². The van der Waals surface area contributed by atoms with E-state index in [1.807, 2.05) is 17.0 Å². The van der Waals surface area contributed by atoms with E-state index < -0.39 is 39.0 Å². The third-order valence-electron chi connectivity index (χ3n) is 11.9. The van der Waals surface area contributed by atoms with E-state index in [4.69, 9.17) is 4.74 Å². The number of piperidine rings is 2. The van der Waals surface area contributed by atoms with Crippen LogP contribution < -0.4 is 9.46 Å². The molecule has 11 nitrogen and oxygen atoms in total. The van der Waals surface area contributed by atoms with E-state index >= 15 is 0 Å². The minimum atomic E-state index is -3.99. The second-order valence-electron chi connectivity index (χ2n) is 16.2. The third kappa shape index (κ3) is 5.91. The van der Waals surface area contributed by atoms with E-state index in [1.54, 1.807) is 19.2 Å². The predicted molar refractivity (Wildman–Crippen MR) is 193 cm³/mol. The Morgan fingerprint density at radius 3 is 2.30 bits per heavy atom. The number of methoxy groups -OCH3 is 1. The van der Waals surface area contributed by atoms with Crippen molar-refractivity contribution in [2.75, 3.05) is 54.4 Å². The molecule has 4 aliphatic rings. The molecule has 7 rings (SSSR count). The number of fused-ring (bicyclic) bond motifs is 7. The van der Waals surface area contributed by atoms with Gasteiger partial charge in [0.15, 0.2) is 0 Å². The number of carbonyl (C=O) groups excluding carboxylic acids is 2. The molecule has 3 fully saturated rings. The number of nitrogens with one attached hydrogen (secondary N) is 1. The smallest absolute Gasteiger partial charge is 0.303 e. The molecule has 3 aliphatic heterocycles. The molecule has 2 bridgehead atoms. The Hall–Kier alpha value is -3.45. The summed E-state index contributed by atoms with van der Waals surface area (Å²) < 4.78 is 36.3. The number of likely N-dealkylation sites (tertiary alicyclic amines) is 2. The number of rotatable bonds is 6. The van der Waals surface area contributed by atoms with Crippen molar-refractivity contribution >= 4 is 32.9 Å². The van der Waals surface area contributed by atoms with Crippen molar-refractivity contribution in [1.82, 2.24) is 23.4 Å². The molecule has 0 radical (unpaired) electrons. The summed E-state index contributed by atoms with van der Waals surface area (Å²) in [5, 5.41) is 12.5. The monoisotopic (exact) mass is 705 g/mol. The van der Waals surface area contributed by atoms with E-state index in [0.717, 1.165) is 63.5 Å². The Balaban J connectivity index is 1.38. The SMILES string of the molecule is COc1ccc2c(c1)CC(C(=O)N1C[C@]3(C)CN(C)C[C@](C)(C1)C3O)Cn1c-2c(C2CCCCC2)c2ccc(C(=O)NS(=O)(=O)N(C)C)cc21. The lowest BCUT2D eigenvalue weighted by atomic mass is 9.63. The summed E-state index contributed by atoms with van der Waals surface area (Å²) in [6.45, 7) is 6.97. The molecule has 1 aliphatic carbocycles. The normalized spacial score (nSPS) is 27.5. The van der Waals surface area contributed by atoms with Gasteiger partial charge in [-0.2, -0.15) is 12.7 Å². The van der Waals surface area contributed by atoms with Crippen molar-refractivity contribution < 1.29 is 27.9 Å². The van der Waals surface area contributed by atoms with Gasteiger partial charge in [-0.1, -0.05) is 39.2 Å². The fourth-order valence-corrected chi connectivity index (χ4v) is 10.3. The molecule has 1 aromatic heterocycles. The van der Waals surface area contributed by atoms with E-state index in [-0.39, 0.29) is 11.5 Å². The number of hydrogen-bond donors (Lipinski definition) is 2. The van der Waals surface area contributed by atoms with E-state index in [1.165, 1.54) is 26.1 Å². The zero-order chi connectivity index (χ0) is 35.7. The number of aliphatic hydroxyl groups is 1. The first-order valence-corrected chi connectivity index (χ1v) is 19.3. The zero-order valence-electron chi connectivity index (χ0n) is 30.2. The fourth-order valence-electron chi connectivity index (χ4n) is 9.80. The summed E-state index contributed by atoms with van der Waals surface area (Å²) in [6, 6.07) is 11.6. The van der Waals surface area contributed by atoms with Gasteiger partial charge in [-0.05, 0) is 73.7 Å². The van der Waals surface area contributed by atoms with Crippen molar-refractivity contribution in [1.29, 1.82) is 0 Å². The molecule has 3 aromatic rings. The number of hydrogen-bond acceptors (Lipinski definition) is 7. The van der Waals surface area contributed by atoms with E-state index in [0.29, 0.717) is 45.1 Å². The summed E-state index contributed by atoms with van der Waals surface area (Å²) in [7, 11) is 2.50. The Morgan fingerprint density at radius 1 is 0.980 bits per heavy atom. The molecule has 50 heavy (non-hydrogen) atoms. The minimum Gasteiger partial charge on any atom is -0.497 e. The molecule has 270 valence electrons. The Bertz CT molecular complexity index is 1930. The van der Waals surface area contributed by atoms with Gasteiger partial charge in [-0.25, -0.2) is 4.72 Å². The van der Waals surface area contributed by atoms with Gasteiger partial charge in [-0.15, -0.1) is 0 Å². The second-order valence-corrected chi connectivity index (χ2v) is 18.0. The van der Waals surface area contributed by atoms with Crippen LogP contribution in [0.2, 0.25) is 0 Å². The van der Waals surface area contributed by atoms with Crippen molar-refractivity contribution in [3.8, 4) is 17.0 Å². The minimum absolute atomic E-state index is 0.0626. The summed E-state index contributed by atoms with van der Waals surface area (Å²) in [5.41, 5.74) is 4.59. The second kappa shape index (κ2) is 12.6. The Labute approximate surface area is 295 Å². The molecule has 12 heteroatoms. The van der Waals surface area contributed by atoms with Crippen molar-refractivity contribution in [3.63, 3.8) is 0 Å². The number of benzene rings is 2. The average molecular weight is 706 g/mol. The average Bonchev–Trinajstić information content (AvgIpc) is 3.28. The molecule has 2 saturated heterocycles. The summed E-state index contributed by atoms with van der Waals surface area (Å²) in [4.78, 5) is 32.5. The van der Waals surface area contributed by atoms with Gasteiger partial charge in [0, 0.05) is 79.7 Å². The van der Waals surface area contributed by atoms with Crippen LogP contribution in [0.25, 0.3) is 22.2 Å². The maximum atomic E-state index is 14.9. The van der Waals surface area contributed by atoms with Crippen LogP contribution in [-0.4, -0.2) is 105 Å². The van der Waals surface area contributed by atoms with Crippen LogP contribution in [0.3, 0.4) is 0 Å². The highest BCUT2D eigenvalue weighted by molar-refractivity contribution is 7.87. The molecule has 4 atom stereocenters. The number of aliphatic hydroxyl groups excluding tert-OH is 1. The predicted octanol–water partition coefficient (Wildman–Crippen LogP) is 4.23. The molecule has 0 spiro atoms. The maximum absolute atomic E-state index is 14.9. The van der Waals surface area contributed by atoms with Crippen molar-refractivity contribution in [3.05, 3.63) is 53.1 Å². The molecule has 2 amide bonds. The largest absolute Gasteiger partial charge is 0.497 e. The lowest BCUT2D eigenvalue weighted by Gasteiger charge is -2.59. The van der Waals surface area contributed by atoms with E-state index in [2.05, 4.69) is 47.2 Å². The van der Waals surface area contributed by atoms with E-state index in [9.17, 15) is 23.1 Å². The number of amides is 2. The summed E-state index contributed by atoms with van der Waals surface area (Å²) in [5.74, 6) is 0.000382. The highest BCUT2D eigenvalue weighted by atomic mass is 32.2. The molecule has 2 unspecified atom stereocenters. The molecule has 4 heterocycles. The first kappa shape index (κ1) is 35.0. The van der Waals surface area contributed by atoms with Crippen LogP contribution >= 0.6 is 0 Å². The van der Waals surface area contributed by atoms with Crippen molar-refractivity contribution in [2.45, 2.75) is 70.9 Å². The standard InChI is InChI=1S/C38H51N5O6S/c1-37-20-41(5)21-38(2,36(37)46)23-42(22-37)35(45)27-16-26-17-28(49-6)13-15-29(26)33-32(24-10-8-7-9-11-24)30-14-12-25(18-31(30)43(33)19-27)34(44)39-50(47,48)40(3)4/h12-15,17-18,24,27,36,46H,7-11,16,19-23H2,1-6H3,(H,39,44)/t27?,36?,37-,38+. The lowest BCUT2D eigenvalue weighted by molar-refractivity contribution is -0.181. The van der Waals surface area contributed by atoms with Crippen LogP contribution in [0.5, 0.6) is 5.75 Å². The molecule has 2 aromatic carbocycles. The maximum Gasteiger partial charge on any atom is 0.303 e. The van der Waals surface area contributed by atoms with Gasteiger partial charge in [0.2, 0.25) is 5.91 Å². The Kier molecular flexibility index (Phi) is 8.85. The van der Waals surface area contributed by atoms with Gasteiger partial charge < -0.3 is 24.2 Å². The number of carbonyl (C=O) groups is 2. The van der Waals surface area contributed by atoms with Gasteiger partial charge in [0.25, 0.3) is 5.91 Å². The first-order valence-electron chi connectivity index (χ1n) is 17.9. The number of ether oxygens (including phenoxy) is 1. The van der Waals surface area contributed by atoms with Gasteiger partial charge in [0.1, 0.15) is 5.75 Å². The van der Waals surface area contributed by atoms with Gasteiger partial charge in [-0.3, -0.25) is 9.59 Å². The van der Waals surface area contributed by atoms with Crippen LogP contribution in [0.1, 0.15) is 73.4 Å². The zero-order valence-corrected chi connectivity index (χ0v) is 31.0. The quantitative estimate of drug-likeness (QED) is 0.394. The fraction of sp³-hybridized carbons (Fsp3) is 0.579. The molecular formula is C38H51N5O6S. The van der Waals surface area contributed by atoms with Crippen LogP contribution in [0.15, 0.2) is 36.4 Å². The van der Waals surface area contributed by atoms with Crippen LogP contribution in [0, 0.1) is 16.7 Å². The number of nitrogens with zero attached hydrogens (tertiary/aromatic N) is 4. The topological polar surface area (TPSA) is 124 Å². The van der Waals surface area contributed by atoms with Crippen LogP contribution in [0.4, 0.5) is 0 Å². The molecular weight excluding hydrogens is 655 g/mol. The Morgan fingerprint density at radius 2 is 1.66 bits per heavy atom. The molecule has 1 saturated carbocycles. The molecule has 2 N–H and O–H groups in total. The summed E-state index contributed by atoms with van der Waals surface area (Å²) in [6.07, 6.45) is 5.63. The van der Waals surface area contributed by atoms with Gasteiger partial charge >= 0.3 is 10.2 Å².